The fourth-order valence-electron chi connectivity index (χ4n) is 3.54. The van der Waals surface area contributed by atoms with Crippen LogP contribution < -0.4 is 10.2 Å². The van der Waals surface area contributed by atoms with Crippen molar-refractivity contribution in [1.82, 2.24) is 10.1 Å². The molecule has 3 aromatic carbocycles. The van der Waals surface area contributed by atoms with E-state index in [1.165, 1.54) is 18.4 Å². The summed E-state index contributed by atoms with van der Waals surface area (Å²) in [5.74, 6) is 0.491. The third-order valence-corrected chi connectivity index (χ3v) is 5.38. The first-order chi connectivity index (χ1) is 16.8. The first kappa shape index (κ1) is 22.4. The molecule has 0 atom stereocenters. The van der Waals surface area contributed by atoms with E-state index in [-0.39, 0.29) is 29.3 Å². The molecule has 0 aliphatic carbocycles. The third-order valence-electron chi connectivity index (χ3n) is 5.38. The zero-order valence-corrected chi connectivity index (χ0v) is 18.3. The molecule has 2 heterocycles. The Labute approximate surface area is 196 Å². The highest BCUT2D eigenvalue weighted by Gasteiger charge is 2.30. The van der Waals surface area contributed by atoms with Crippen molar-refractivity contribution in [3.8, 4) is 28.3 Å². The van der Waals surface area contributed by atoms with Gasteiger partial charge in [-0.2, -0.15) is 18.2 Å². The van der Waals surface area contributed by atoms with Gasteiger partial charge in [0, 0.05) is 11.6 Å². The molecule has 0 aliphatic heterocycles. The minimum atomic E-state index is -4.48. The Morgan fingerprint density at radius 2 is 1.77 bits per heavy atom. The molecule has 176 valence electrons. The number of nitrogens with zero attached hydrogens (tertiary/aromatic N) is 2. The zero-order chi connectivity index (χ0) is 24.6. The molecule has 5 aromatic rings. The summed E-state index contributed by atoms with van der Waals surface area (Å²) in [6.07, 6.45) is -3.06. The highest BCUT2D eigenvalue weighted by atomic mass is 19.4. The summed E-state index contributed by atoms with van der Waals surface area (Å²) in [7, 11) is 0. The lowest BCUT2D eigenvalue weighted by atomic mass is 10.0. The van der Waals surface area contributed by atoms with E-state index in [2.05, 4.69) is 10.1 Å². The number of aromatic nitrogens is 2. The van der Waals surface area contributed by atoms with Gasteiger partial charge < -0.3 is 13.7 Å². The second kappa shape index (κ2) is 8.75. The van der Waals surface area contributed by atoms with Crippen LogP contribution in [-0.4, -0.2) is 10.1 Å². The largest absolute Gasteiger partial charge is 0.485 e. The first-order valence-corrected chi connectivity index (χ1v) is 10.5. The Bertz CT molecular complexity index is 1570. The topological polar surface area (TPSA) is 78.4 Å². The average Bonchev–Trinajstić information content (AvgIpc) is 3.32. The molecule has 0 fully saturated rings. The van der Waals surface area contributed by atoms with Crippen LogP contribution in [0.3, 0.4) is 0 Å². The zero-order valence-electron chi connectivity index (χ0n) is 18.3. The molecule has 6 nitrogen and oxygen atoms in total. The number of alkyl halides is 3. The summed E-state index contributed by atoms with van der Waals surface area (Å²) in [4.78, 5) is 17.0. The standard InChI is InChI=1S/C26H17F3N2O4/c1-15-5-7-16(8-6-15)21-13-34-22-12-19(9-10-20(22)24(21)32)33-14-23-30-25(35-31-23)17-3-2-4-18(11-17)26(27,28)29/h2-13H,14H2,1H3. The van der Waals surface area contributed by atoms with Crippen LogP contribution >= 0.6 is 0 Å². The molecule has 0 unspecified atom stereocenters. The molecular weight excluding hydrogens is 461 g/mol. The van der Waals surface area contributed by atoms with Crippen LogP contribution in [0.5, 0.6) is 5.75 Å². The SMILES string of the molecule is Cc1ccc(-c2coc3cc(OCc4noc(-c5cccc(C(F)(F)F)c5)n4)ccc3c2=O)cc1. The smallest absolute Gasteiger partial charge is 0.416 e. The normalized spacial score (nSPS) is 11.7. The van der Waals surface area contributed by atoms with Gasteiger partial charge in [0.05, 0.1) is 16.5 Å². The van der Waals surface area contributed by atoms with Crippen LogP contribution in [0.1, 0.15) is 17.0 Å². The molecule has 35 heavy (non-hydrogen) atoms. The number of aryl methyl sites for hydroxylation is 1. The number of halogens is 3. The maximum atomic E-state index is 12.9. The van der Waals surface area contributed by atoms with Gasteiger partial charge in [-0.3, -0.25) is 4.79 Å². The maximum absolute atomic E-state index is 12.9. The summed E-state index contributed by atoms with van der Waals surface area (Å²) in [6.45, 7) is 1.87. The summed E-state index contributed by atoms with van der Waals surface area (Å²) >= 11 is 0. The molecule has 0 spiro atoms. The van der Waals surface area contributed by atoms with Gasteiger partial charge in [-0.25, -0.2) is 0 Å². The molecule has 9 heteroatoms. The van der Waals surface area contributed by atoms with E-state index < -0.39 is 11.7 Å². The Morgan fingerprint density at radius 1 is 0.971 bits per heavy atom. The van der Waals surface area contributed by atoms with Gasteiger partial charge in [-0.05, 0) is 42.8 Å². The van der Waals surface area contributed by atoms with E-state index in [1.54, 1.807) is 18.2 Å². The Hall–Kier alpha value is -4.40. The van der Waals surface area contributed by atoms with Gasteiger partial charge >= 0.3 is 6.18 Å². The Balaban J connectivity index is 1.33. The van der Waals surface area contributed by atoms with Gasteiger partial charge in [0.1, 0.15) is 17.6 Å². The van der Waals surface area contributed by atoms with Crippen LogP contribution in [0, 0.1) is 6.92 Å². The number of hydrogen-bond acceptors (Lipinski definition) is 6. The van der Waals surface area contributed by atoms with Crippen LogP contribution in [0.25, 0.3) is 33.6 Å². The van der Waals surface area contributed by atoms with Crippen molar-refractivity contribution in [3.05, 3.63) is 100 Å². The number of rotatable bonds is 5. The van der Waals surface area contributed by atoms with E-state index >= 15 is 0 Å². The molecule has 0 N–H and O–H groups in total. The van der Waals surface area contributed by atoms with Crippen LogP contribution in [0.15, 0.2) is 86.7 Å². The van der Waals surface area contributed by atoms with Crippen LogP contribution in [-0.2, 0) is 12.8 Å². The second-order valence-electron chi connectivity index (χ2n) is 7.89. The van der Waals surface area contributed by atoms with E-state index in [0.29, 0.717) is 22.3 Å². The summed E-state index contributed by atoms with van der Waals surface area (Å²) in [5.41, 5.74) is 1.83. The van der Waals surface area contributed by atoms with Crippen molar-refractivity contribution in [2.24, 2.45) is 0 Å². The van der Waals surface area contributed by atoms with Crippen molar-refractivity contribution in [1.29, 1.82) is 0 Å². The number of ether oxygens (including phenoxy) is 1. The predicted molar refractivity (Wildman–Crippen MR) is 122 cm³/mol. The highest BCUT2D eigenvalue weighted by molar-refractivity contribution is 5.82. The second-order valence-corrected chi connectivity index (χ2v) is 7.89. The fraction of sp³-hybridized carbons (Fsp3) is 0.115. The third kappa shape index (κ3) is 4.65. The van der Waals surface area contributed by atoms with E-state index in [1.807, 2.05) is 31.2 Å². The fourth-order valence-corrected chi connectivity index (χ4v) is 3.54. The van der Waals surface area contributed by atoms with E-state index in [0.717, 1.165) is 23.3 Å². The van der Waals surface area contributed by atoms with Crippen molar-refractivity contribution in [2.75, 3.05) is 0 Å². The molecule has 0 saturated heterocycles. The molecule has 0 bridgehead atoms. The molecule has 0 amide bonds. The van der Waals surface area contributed by atoms with Gasteiger partial charge in [0.2, 0.25) is 5.82 Å². The van der Waals surface area contributed by atoms with Gasteiger partial charge in [-0.1, -0.05) is 41.1 Å². The van der Waals surface area contributed by atoms with Crippen LogP contribution in [0.4, 0.5) is 13.2 Å². The molecule has 0 aliphatic rings. The quantitative estimate of drug-likeness (QED) is 0.290. The molecular formula is C26H17F3N2O4. The summed E-state index contributed by atoms with van der Waals surface area (Å²) in [5, 5.41) is 4.17. The predicted octanol–water partition coefficient (Wildman–Crippen LogP) is 6.42. The summed E-state index contributed by atoms with van der Waals surface area (Å²) < 4.78 is 55.3. The monoisotopic (exact) mass is 478 g/mol. The Morgan fingerprint density at radius 3 is 2.54 bits per heavy atom. The lowest BCUT2D eigenvalue weighted by molar-refractivity contribution is -0.137. The lowest BCUT2D eigenvalue weighted by Gasteiger charge is -2.06. The van der Waals surface area contributed by atoms with Gasteiger partial charge in [0.15, 0.2) is 12.0 Å². The van der Waals surface area contributed by atoms with E-state index in [9.17, 15) is 18.0 Å². The lowest BCUT2D eigenvalue weighted by Crippen LogP contribution is -2.05. The minimum absolute atomic E-state index is 0.0529. The first-order valence-electron chi connectivity index (χ1n) is 10.5. The molecule has 5 rings (SSSR count). The minimum Gasteiger partial charge on any atom is -0.485 e. The van der Waals surface area contributed by atoms with E-state index in [4.69, 9.17) is 13.7 Å². The average molecular weight is 478 g/mol. The highest BCUT2D eigenvalue weighted by Crippen LogP contribution is 2.32. The number of benzene rings is 3. The number of hydrogen-bond donors (Lipinski definition) is 0. The van der Waals surface area contributed by atoms with Gasteiger partial charge in [0.25, 0.3) is 5.89 Å². The molecule has 2 aromatic heterocycles. The van der Waals surface area contributed by atoms with Gasteiger partial charge in [-0.15, -0.1) is 0 Å². The molecule has 0 saturated carbocycles. The van der Waals surface area contributed by atoms with Crippen molar-refractivity contribution in [3.63, 3.8) is 0 Å². The van der Waals surface area contributed by atoms with Crippen molar-refractivity contribution < 1.29 is 26.8 Å². The van der Waals surface area contributed by atoms with Crippen LogP contribution in [0.2, 0.25) is 0 Å². The van der Waals surface area contributed by atoms with Crippen molar-refractivity contribution >= 4 is 11.0 Å². The number of fused-ring (bicyclic) bond motifs is 1. The maximum Gasteiger partial charge on any atom is 0.416 e. The Kier molecular flexibility index (Phi) is 5.60. The summed E-state index contributed by atoms with van der Waals surface area (Å²) in [6, 6.07) is 17.0. The molecule has 0 radical (unpaired) electrons. The van der Waals surface area contributed by atoms with Crippen molar-refractivity contribution in [2.45, 2.75) is 19.7 Å².